The fourth-order valence-corrected chi connectivity index (χ4v) is 6.59. The number of fused-ring (bicyclic) bond motifs is 2. The Hall–Kier alpha value is -3.59. The number of rotatable bonds is 11. The minimum Gasteiger partial charge on any atom is -0.493 e. The summed E-state index contributed by atoms with van der Waals surface area (Å²) in [6.45, 7) is 16.6. The van der Waals surface area contributed by atoms with Gasteiger partial charge in [-0.3, -0.25) is 0 Å². The average Bonchev–Trinajstić information content (AvgIpc) is 3.30. The van der Waals surface area contributed by atoms with Gasteiger partial charge in [0.2, 0.25) is 5.69 Å². The first kappa shape index (κ1) is 28.9. The largest absolute Gasteiger partial charge is 0.493 e. The molecule has 0 atom stereocenters. The lowest BCUT2D eigenvalue weighted by molar-refractivity contribution is -0.438. The molecule has 3 nitrogen and oxygen atoms in total. The molecule has 2 aliphatic heterocycles. The fraction of sp³-hybridized carbons (Fsp3) is 0.395. The van der Waals surface area contributed by atoms with Gasteiger partial charge >= 0.3 is 0 Å². The van der Waals surface area contributed by atoms with Gasteiger partial charge in [-0.2, -0.15) is 4.58 Å². The molecule has 3 aromatic rings. The molecular weight excluding hydrogens is 500 g/mol. The first-order valence-electron chi connectivity index (χ1n) is 15.4. The molecule has 0 unspecified atom stereocenters. The van der Waals surface area contributed by atoms with Crippen LogP contribution < -0.4 is 9.64 Å². The van der Waals surface area contributed by atoms with Crippen molar-refractivity contribution >= 4 is 17.1 Å². The van der Waals surface area contributed by atoms with E-state index in [4.69, 9.17) is 4.74 Å². The minimum absolute atomic E-state index is 0.0365. The zero-order chi connectivity index (χ0) is 29.0. The normalized spacial score (nSPS) is 17.9. The Bertz CT molecular complexity index is 1460. The molecule has 0 saturated heterocycles. The van der Waals surface area contributed by atoms with Crippen molar-refractivity contribution in [1.82, 2.24) is 0 Å². The second-order valence-electron chi connectivity index (χ2n) is 12.6. The first-order chi connectivity index (χ1) is 19.7. The molecule has 3 aromatic carbocycles. The molecule has 2 heterocycles. The Morgan fingerprint density at radius 3 is 2.37 bits per heavy atom. The van der Waals surface area contributed by atoms with Crippen LogP contribution in [0.1, 0.15) is 77.0 Å². The van der Waals surface area contributed by atoms with Gasteiger partial charge in [0.25, 0.3) is 0 Å². The molecule has 0 radical (unpaired) electrons. The lowest BCUT2D eigenvalue weighted by Gasteiger charge is -2.27. The molecule has 0 aliphatic carbocycles. The van der Waals surface area contributed by atoms with Gasteiger partial charge in [0.05, 0.1) is 12.0 Å². The molecule has 3 heteroatoms. The third-order valence-electron chi connectivity index (χ3n) is 8.88. The monoisotopic (exact) mass is 547 g/mol. The lowest BCUT2D eigenvalue weighted by atomic mass is 9.81. The van der Waals surface area contributed by atoms with Crippen LogP contribution in [0, 0.1) is 6.92 Å². The van der Waals surface area contributed by atoms with E-state index in [0.717, 1.165) is 25.3 Å². The maximum absolute atomic E-state index is 6.03. The topological polar surface area (TPSA) is 15.5 Å². The predicted molar refractivity (Wildman–Crippen MR) is 174 cm³/mol. The van der Waals surface area contributed by atoms with Crippen molar-refractivity contribution in [3.8, 4) is 5.75 Å². The van der Waals surface area contributed by atoms with Crippen LogP contribution in [0.4, 0.5) is 11.4 Å². The predicted octanol–water partition coefficient (Wildman–Crippen LogP) is 9.27. The lowest BCUT2D eigenvalue weighted by Crippen LogP contribution is -2.28. The highest BCUT2D eigenvalue weighted by Crippen LogP contribution is 2.48. The zero-order valence-corrected chi connectivity index (χ0v) is 25.9. The van der Waals surface area contributed by atoms with Gasteiger partial charge < -0.3 is 9.64 Å². The number of hydrogen-bond acceptors (Lipinski definition) is 2. The van der Waals surface area contributed by atoms with E-state index in [1.807, 2.05) is 30.3 Å². The SMILES string of the molecule is CCCCCN1/C(=C/C=C/C2=[N+](CCCOc3ccccc3)c3ccccc3C2(C)C)C(C)(C)c2cc(C)ccc21. The number of allylic oxidation sites excluding steroid dienone is 4. The van der Waals surface area contributed by atoms with Crippen molar-refractivity contribution in [3.05, 3.63) is 113 Å². The Kier molecular flexibility index (Phi) is 8.54. The third kappa shape index (κ3) is 5.77. The van der Waals surface area contributed by atoms with Gasteiger partial charge in [-0.1, -0.05) is 93.8 Å². The summed E-state index contributed by atoms with van der Waals surface area (Å²) < 4.78 is 8.54. The summed E-state index contributed by atoms with van der Waals surface area (Å²) >= 11 is 0. The Labute approximate surface area is 247 Å². The molecule has 0 N–H and O–H groups in total. The molecule has 0 amide bonds. The number of benzene rings is 3. The number of ether oxygens (including phenoxy) is 1. The smallest absolute Gasteiger partial charge is 0.209 e. The van der Waals surface area contributed by atoms with E-state index in [0.29, 0.717) is 6.61 Å². The van der Waals surface area contributed by atoms with E-state index in [1.165, 1.54) is 58.7 Å². The van der Waals surface area contributed by atoms with Crippen molar-refractivity contribution in [1.29, 1.82) is 0 Å². The molecule has 0 spiro atoms. The number of para-hydroxylation sites is 2. The number of aryl methyl sites for hydroxylation is 1. The Balaban J connectivity index is 1.44. The summed E-state index contributed by atoms with van der Waals surface area (Å²) in [5.41, 5.74) is 9.47. The molecule has 2 aliphatic rings. The average molecular weight is 548 g/mol. The van der Waals surface area contributed by atoms with Crippen LogP contribution in [0.15, 0.2) is 96.7 Å². The second kappa shape index (κ2) is 12.1. The molecule has 214 valence electrons. The number of unbranched alkanes of at least 4 members (excludes halogenated alkanes) is 2. The summed E-state index contributed by atoms with van der Waals surface area (Å²) in [4.78, 5) is 2.58. The zero-order valence-electron chi connectivity index (χ0n) is 25.9. The minimum atomic E-state index is -0.0715. The molecule has 0 aromatic heterocycles. The number of hydrogen-bond donors (Lipinski definition) is 0. The van der Waals surface area contributed by atoms with Crippen molar-refractivity contribution in [3.63, 3.8) is 0 Å². The maximum atomic E-state index is 6.03. The van der Waals surface area contributed by atoms with Crippen LogP contribution in [0.3, 0.4) is 0 Å². The fourth-order valence-electron chi connectivity index (χ4n) is 6.59. The van der Waals surface area contributed by atoms with E-state index in [-0.39, 0.29) is 10.8 Å². The van der Waals surface area contributed by atoms with Gasteiger partial charge in [0, 0.05) is 47.5 Å². The second-order valence-corrected chi connectivity index (χ2v) is 12.6. The van der Waals surface area contributed by atoms with Crippen LogP contribution in [0.25, 0.3) is 0 Å². The van der Waals surface area contributed by atoms with Gasteiger partial charge in [0.1, 0.15) is 5.75 Å². The highest BCUT2D eigenvalue weighted by Gasteiger charge is 2.44. The van der Waals surface area contributed by atoms with E-state index < -0.39 is 0 Å². The van der Waals surface area contributed by atoms with Gasteiger partial charge in [-0.25, -0.2) is 0 Å². The molecule has 0 fully saturated rings. The first-order valence-corrected chi connectivity index (χ1v) is 15.4. The van der Waals surface area contributed by atoms with E-state index in [1.54, 1.807) is 0 Å². The van der Waals surface area contributed by atoms with Gasteiger partial charge in [-0.15, -0.1) is 0 Å². The molecule has 5 rings (SSSR count). The summed E-state index contributed by atoms with van der Waals surface area (Å²) in [7, 11) is 0. The van der Waals surface area contributed by atoms with Gasteiger partial charge in [-0.05, 0) is 57.0 Å². The third-order valence-corrected chi connectivity index (χ3v) is 8.88. The number of nitrogens with zero attached hydrogens (tertiary/aromatic N) is 2. The molecule has 0 bridgehead atoms. The quantitative estimate of drug-likeness (QED) is 0.176. The van der Waals surface area contributed by atoms with E-state index in [9.17, 15) is 0 Å². The van der Waals surface area contributed by atoms with Crippen molar-refractivity contribution in [2.75, 3.05) is 24.6 Å². The summed E-state index contributed by atoms with van der Waals surface area (Å²) in [5.74, 6) is 0.934. The summed E-state index contributed by atoms with van der Waals surface area (Å²) in [5, 5.41) is 0. The molecule has 0 saturated carbocycles. The van der Waals surface area contributed by atoms with Crippen LogP contribution in [-0.2, 0) is 10.8 Å². The van der Waals surface area contributed by atoms with Crippen LogP contribution in [0.2, 0.25) is 0 Å². The van der Waals surface area contributed by atoms with Crippen molar-refractivity contribution in [2.45, 2.75) is 78.1 Å². The molecule has 41 heavy (non-hydrogen) atoms. The van der Waals surface area contributed by atoms with Crippen LogP contribution in [0.5, 0.6) is 5.75 Å². The Morgan fingerprint density at radius 1 is 0.829 bits per heavy atom. The summed E-state index contributed by atoms with van der Waals surface area (Å²) in [6, 6.07) is 26.0. The molecular formula is C38H47N2O+. The standard InChI is InChI=1S/C38H47N2O/c1-7-8-14-25-39-34-24-23-29(2)28-32(34)38(5,6)36(39)22-15-21-35-37(3,4)31-19-12-13-20-33(31)40(35)26-16-27-41-30-17-10-9-11-18-30/h9-13,15,17-24,28H,7-8,14,16,25-27H2,1-6H3/q+1. The highest BCUT2D eigenvalue weighted by atomic mass is 16.5. The highest BCUT2D eigenvalue weighted by molar-refractivity contribution is 6.03. The number of anilines is 1. The van der Waals surface area contributed by atoms with E-state index in [2.05, 4.69) is 112 Å². The summed E-state index contributed by atoms with van der Waals surface area (Å²) in [6.07, 6.45) is 11.7. The van der Waals surface area contributed by atoms with Crippen LogP contribution >= 0.6 is 0 Å². The van der Waals surface area contributed by atoms with Gasteiger partial charge in [0.15, 0.2) is 12.3 Å². The van der Waals surface area contributed by atoms with Crippen molar-refractivity contribution < 1.29 is 9.31 Å². The van der Waals surface area contributed by atoms with E-state index >= 15 is 0 Å². The van der Waals surface area contributed by atoms with Crippen LogP contribution in [-0.4, -0.2) is 30.0 Å². The maximum Gasteiger partial charge on any atom is 0.209 e. The Morgan fingerprint density at radius 2 is 1.59 bits per heavy atom. The van der Waals surface area contributed by atoms with Crippen molar-refractivity contribution in [2.24, 2.45) is 0 Å².